The van der Waals surface area contributed by atoms with Gasteiger partial charge in [0.15, 0.2) is 0 Å². The number of primary sulfonamides is 1. The summed E-state index contributed by atoms with van der Waals surface area (Å²) in [7, 11) is -3.85. The van der Waals surface area contributed by atoms with Gasteiger partial charge in [-0.3, -0.25) is 4.79 Å². The molecule has 3 aromatic carbocycles. The van der Waals surface area contributed by atoms with E-state index in [1.54, 1.807) is 0 Å². The zero-order valence-corrected chi connectivity index (χ0v) is 16.9. The molecular formula is C19H13Cl2FN2O4S. The Morgan fingerprint density at radius 1 is 1.00 bits per heavy atom. The van der Waals surface area contributed by atoms with E-state index in [0.29, 0.717) is 5.69 Å². The van der Waals surface area contributed by atoms with Gasteiger partial charge < -0.3 is 10.1 Å². The molecule has 0 saturated carbocycles. The first kappa shape index (κ1) is 21.1. The zero-order chi connectivity index (χ0) is 21.2. The molecule has 29 heavy (non-hydrogen) atoms. The molecule has 0 aromatic heterocycles. The van der Waals surface area contributed by atoms with E-state index in [0.717, 1.165) is 0 Å². The number of hydrogen-bond acceptors (Lipinski definition) is 4. The maximum absolute atomic E-state index is 13.1. The smallest absolute Gasteiger partial charge is 0.260 e. The number of halogens is 3. The number of nitrogens with one attached hydrogen (secondary N) is 1. The maximum atomic E-state index is 13.1. The van der Waals surface area contributed by atoms with Crippen molar-refractivity contribution < 1.29 is 22.3 Å². The van der Waals surface area contributed by atoms with Crippen LogP contribution in [0.3, 0.4) is 0 Å². The summed E-state index contributed by atoms with van der Waals surface area (Å²) < 4.78 is 41.4. The fourth-order valence-electron chi connectivity index (χ4n) is 2.40. The molecule has 0 fully saturated rings. The van der Waals surface area contributed by atoms with E-state index in [1.807, 2.05) is 0 Å². The van der Waals surface area contributed by atoms with Crippen LogP contribution in [-0.2, 0) is 10.0 Å². The average Bonchev–Trinajstić information content (AvgIpc) is 2.62. The average molecular weight is 455 g/mol. The highest BCUT2D eigenvalue weighted by molar-refractivity contribution is 7.89. The predicted octanol–water partition coefficient (Wildman–Crippen LogP) is 4.82. The largest absolute Gasteiger partial charge is 0.456 e. The van der Waals surface area contributed by atoms with Gasteiger partial charge in [-0.1, -0.05) is 23.2 Å². The van der Waals surface area contributed by atoms with Gasteiger partial charge in [0.2, 0.25) is 10.0 Å². The summed E-state index contributed by atoms with van der Waals surface area (Å²) >= 11 is 12.2. The number of anilines is 1. The van der Waals surface area contributed by atoms with Crippen LogP contribution in [-0.4, -0.2) is 14.3 Å². The second-order valence-electron chi connectivity index (χ2n) is 5.84. The van der Waals surface area contributed by atoms with Crippen LogP contribution in [0, 0.1) is 5.82 Å². The number of ether oxygens (including phenoxy) is 1. The third kappa shape index (κ3) is 5.24. The second-order valence-corrected chi connectivity index (χ2v) is 8.25. The van der Waals surface area contributed by atoms with Crippen molar-refractivity contribution in [3.63, 3.8) is 0 Å². The minimum Gasteiger partial charge on any atom is -0.456 e. The number of hydrogen-bond donors (Lipinski definition) is 2. The van der Waals surface area contributed by atoms with Crippen molar-refractivity contribution in [1.29, 1.82) is 0 Å². The number of amides is 1. The number of benzene rings is 3. The molecule has 0 spiro atoms. The third-order valence-electron chi connectivity index (χ3n) is 3.73. The molecule has 0 saturated heterocycles. The van der Waals surface area contributed by atoms with Crippen LogP contribution in [0.25, 0.3) is 0 Å². The topological polar surface area (TPSA) is 98.5 Å². The highest BCUT2D eigenvalue weighted by Gasteiger charge is 2.20. The minimum absolute atomic E-state index is 0.00378. The molecule has 10 heteroatoms. The molecule has 0 aliphatic carbocycles. The van der Waals surface area contributed by atoms with E-state index in [-0.39, 0.29) is 32.0 Å². The zero-order valence-electron chi connectivity index (χ0n) is 14.5. The van der Waals surface area contributed by atoms with Crippen molar-refractivity contribution in [2.24, 2.45) is 5.14 Å². The van der Waals surface area contributed by atoms with Gasteiger partial charge in [0, 0.05) is 16.8 Å². The Hall–Kier alpha value is -2.65. The van der Waals surface area contributed by atoms with E-state index >= 15 is 0 Å². The van der Waals surface area contributed by atoms with Crippen molar-refractivity contribution >= 4 is 44.8 Å². The van der Waals surface area contributed by atoms with Gasteiger partial charge in [0.25, 0.3) is 5.91 Å². The molecule has 0 heterocycles. The molecule has 0 bridgehead atoms. The van der Waals surface area contributed by atoms with Crippen molar-refractivity contribution in [3.8, 4) is 11.5 Å². The lowest BCUT2D eigenvalue weighted by Crippen LogP contribution is -2.15. The molecule has 6 nitrogen and oxygen atoms in total. The van der Waals surface area contributed by atoms with Crippen LogP contribution in [0.1, 0.15) is 10.4 Å². The van der Waals surface area contributed by atoms with Gasteiger partial charge in [-0.15, -0.1) is 0 Å². The fraction of sp³-hybridized carbons (Fsp3) is 0. The lowest BCUT2D eigenvalue weighted by Gasteiger charge is -2.14. The number of carbonyl (C=O) groups excluding carboxylic acids is 1. The monoisotopic (exact) mass is 454 g/mol. The highest BCUT2D eigenvalue weighted by Crippen LogP contribution is 2.34. The van der Waals surface area contributed by atoms with Crippen LogP contribution in [0.15, 0.2) is 65.6 Å². The lowest BCUT2D eigenvalue weighted by molar-refractivity contribution is 0.102. The summed E-state index contributed by atoms with van der Waals surface area (Å²) in [5, 5.41) is 7.91. The number of sulfonamides is 1. The molecule has 3 aromatic rings. The van der Waals surface area contributed by atoms with Gasteiger partial charge in [-0.25, -0.2) is 17.9 Å². The normalized spacial score (nSPS) is 11.2. The Morgan fingerprint density at radius 3 is 2.21 bits per heavy atom. The third-order valence-corrected chi connectivity index (χ3v) is 5.17. The van der Waals surface area contributed by atoms with Gasteiger partial charge in [-0.2, -0.15) is 0 Å². The first-order chi connectivity index (χ1) is 13.6. The molecule has 0 atom stereocenters. The van der Waals surface area contributed by atoms with Crippen LogP contribution in [0.4, 0.5) is 10.1 Å². The standard InChI is InChI=1S/C19H13Cl2FN2O4S/c20-11-9-16(21)18(17(10-11)28-14-5-1-12(22)2-6-14)19(25)24-13-3-7-15(8-4-13)29(23,26)27/h1-10H,(H,24,25)(H2,23,26,27). The molecule has 0 aliphatic heterocycles. The Morgan fingerprint density at radius 2 is 1.62 bits per heavy atom. The van der Waals surface area contributed by atoms with E-state index < -0.39 is 21.7 Å². The first-order valence-electron chi connectivity index (χ1n) is 8.00. The van der Waals surface area contributed by atoms with Crippen molar-refractivity contribution in [2.45, 2.75) is 4.90 Å². The summed E-state index contributed by atoms with van der Waals surface area (Å²) in [6.45, 7) is 0. The molecule has 0 radical (unpaired) electrons. The molecule has 3 rings (SSSR count). The van der Waals surface area contributed by atoms with Crippen molar-refractivity contribution in [1.82, 2.24) is 0 Å². The Labute approximate surface area is 176 Å². The summed E-state index contributed by atoms with van der Waals surface area (Å²) in [4.78, 5) is 12.7. The Balaban J connectivity index is 1.90. The van der Waals surface area contributed by atoms with E-state index in [9.17, 15) is 17.6 Å². The van der Waals surface area contributed by atoms with Crippen LogP contribution in [0.5, 0.6) is 11.5 Å². The summed E-state index contributed by atoms with van der Waals surface area (Å²) in [5.74, 6) is -0.724. The highest BCUT2D eigenvalue weighted by atomic mass is 35.5. The molecule has 150 valence electrons. The van der Waals surface area contributed by atoms with Crippen LogP contribution >= 0.6 is 23.2 Å². The predicted molar refractivity (Wildman–Crippen MR) is 109 cm³/mol. The van der Waals surface area contributed by atoms with E-state index in [4.69, 9.17) is 33.1 Å². The van der Waals surface area contributed by atoms with Crippen molar-refractivity contribution in [2.75, 3.05) is 5.32 Å². The number of carbonyl (C=O) groups is 1. The van der Waals surface area contributed by atoms with Crippen LogP contribution in [0.2, 0.25) is 10.0 Å². The summed E-state index contributed by atoms with van der Waals surface area (Å²) in [5.41, 5.74) is 0.303. The van der Waals surface area contributed by atoms with Gasteiger partial charge in [0.05, 0.1) is 9.92 Å². The fourth-order valence-corrected chi connectivity index (χ4v) is 3.48. The van der Waals surface area contributed by atoms with E-state index in [2.05, 4.69) is 5.32 Å². The SMILES string of the molecule is NS(=O)(=O)c1ccc(NC(=O)c2c(Cl)cc(Cl)cc2Oc2ccc(F)cc2)cc1. The molecular weight excluding hydrogens is 442 g/mol. The van der Waals surface area contributed by atoms with Gasteiger partial charge >= 0.3 is 0 Å². The van der Waals surface area contributed by atoms with E-state index in [1.165, 1.54) is 60.7 Å². The molecule has 0 unspecified atom stereocenters. The van der Waals surface area contributed by atoms with Gasteiger partial charge in [-0.05, 0) is 54.6 Å². The Kier molecular flexibility index (Phi) is 6.09. The molecule has 1 amide bonds. The van der Waals surface area contributed by atoms with Crippen LogP contribution < -0.4 is 15.2 Å². The lowest BCUT2D eigenvalue weighted by atomic mass is 10.1. The minimum atomic E-state index is -3.85. The van der Waals surface area contributed by atoms with Crippen molar-refractivity contribution in [3.05, 3.63) is 82.1 Å². The first-order valence-corrected chi connectivity index (χ1v) is 10.3. The summed E-state index contributed by atoms with van der Waals surface area (Å²) in [6, 6.07) is 13.2. The summed E-state index contributed by atoms with van der Waals surface area (Å²) in [6.07, 6.45) is 0. The number of nitrogens with two attached hydrogens (primary N) is 1. The molecule has 3 N–H and O–H groups in total. The Bertz CT molecular complexity index is 1170. The maximum Gasteiger partial charge on any atom is 0.260 e. The quantitative estimate of drug-likeness (QED) is 0.576. The number of rotatable bonds is 5. The second kappa shape index (κ2) is 8.38. The van der Waals surface area contributed by atoms with Gasteiger partial charge in [0.1, 0.15) is 22.9 Å². The molecule has 0 aliphatic rings.